The van der Waals surface area contributed by atoms with Gasteiger partial charge in [-0.2, -0.15) is 0 Å². The average Bonchev–Trinajstić information content (AvgIpc) is 2.77. The summed E-state index contributed by atoms with van der Waals surface area (Å²) in [5.74, 6) is -0.258. The zero-order valence-electron chi connectivity index (χ0n) is 9.56. The molecule has 2 heterocycles. The van der Waals surface area contributed by atoms with Crippen LogP contribution in [0.4, 0.5) is 4.39 Å². The lowest BCUT2D eigenvalue weighted by molar-refractivity contribution is 0.602. The van der Waals surface area contributed by atoms with Gasteiger partial charge in [0.15, 0.2) is 0 Å². The molecule has 0 bridgehead atoms. The van der Waals surface area contributed by atoms with Crippen molar-refractivity contribution in [3.63, 3.8) is 0 Å². The van der Waals surface area contributed by atoms with Gasteiger partial charge in [-0.3, -0.25) is 4.79 Å². The summed E-state index contributed by atoms with van der Waals surface area (Å²) < 4.78 is 15.3. The van der Waals surface area contributed by atoms with Gasteiger partial charge in [0.25, 0.3) is 5.56 Å². The molecule has 2 aromatic heterocycles. The lowest BCUT2D eigenvalue weighted by atomic mass is 10.2. The van der Waals surface area contributed by atoms with Crippen molar-refractivity contribution >= 4 is 10.9 Å². The molecule has 0 aliphatic heterocycles. The highest BCUT2D eigenvalue weighted by molar-refractivity contribution is 5.78. The summed E-state index contributed by atoms with van der Waals surface area (Å²) in [5, 5.41) is 0.857. The molecule has 0 saturated carbocycles. The summed E-state index contributed by atoms with van der Waals surface area (Å²) in [4.78, 5) is 14.4. The van der Waals surface area contributed by atoms with Gasteiger partial charge in [0.2, 0.25) is 0 Å². The highest BCUT2D eigenvalue weighted by atomic mass is 19.1. The van der Waals surface area contributed by atoms with Crippen LogP contribution in [0.2, 0.25) is 0 Å². The summed E-state index contributed by atoms with van der Waals surface area (Å²) in [6.45, 7) is 0.350. The van der Waals surface area contributed by atoms with Crippen molar-refractivity contribution in [3.8, 4) is 0 Å². The van der Waals surface area contributed by atoms with Crippen molar-refractivity contribution in [1.29, 1.82) is 0 Å². The predicted octanol–water partition coefficient (Wildman–Crippen LogP) is 2.52. The Morgan fingerprint density at radius 3 is 2.83 bits per heavy atom. The van der Waals surface area contributed by atoms with Crippen molar-refractivity contribution in [2.24, 2.45) is 0 Å². The topological polar surface area (TPSA) is 37.8 Å². The molecule has 4 heteroatoms. The summed E-state index contributed by atoms with van der Waals surface area (Å²) in [5.41, 5.74) is 0.979. The first-order valence-electron chi connectivity index (χ1n) is 5.65. The first-order chi connectivity index (χ1) is 8.75. The van der Waals surface area contributed by atoms with Crippen LogP contribution in [0.15, 0.2) is 53.6 Å². The molecule has 0 atom stereocenters. The quantitative estimate of drug-likeness (QED) is 0.736. The Kier molecular flexibility index (Phi) is 2.48. The number of rotatable bonds is 2. The van der Waals surface area contributed by atoms with Crippen molar-refractivity contribution < 1.29 is 4.39 Å². The van der Waals surface area contributed by atoms with Gasteiger partial charge in [0.1, 0.15) is 11.3 Å². The third kappa shape index (κ3) is 1.72. The molecule has 0 fully saturated rings. The molecule has 90 valence electrons. The van der Waals surface area contributed by atoms with E-state index in [0.717, 1.165) is 5.39 Å². The van der Waals surface area contributed by atoms with E-state index in [1.807, 2.05) is 12.1 Å². The second-order valence-electron chi connectivity index (χ2n) is 4.15. The van der Waals surface area contributed by atoms with Gasteiger partial charge in [0, 0.05) is 23.3 Å². The number of hydrogen-bond donors (Lipinski definition) is 1. The number of fused-ring (bicyclic) bond motifs is 1. The van der Waals surface area contributed by atoms with Crippen LogP contribution >= 0.6 is 0 Å². The van der Waals surface area contributed by atoms with E-state index >= 15 is 0 Å². The van der Waals surface area contributed by atoms with Crippen LogP contribution < -0.4 is 5.56 Å². The highest BCUT2D eigenvalue weighted by Gasteiger charge is 2.07. The highest BCUT2D eigenvalue weighted by Crippen LogP contribution is 2.14. The fourth-order valence-corrected chi connectivity index (χ4v) is 2.10. The lowest BCUT2D eigenvalue weighted by Crippen LogP contribution is -2.11. The average molecular weight is 242 g/mol. The van der Waals surface area contributed by atoms with Gasteiger partial charge in [-0.15, -0.1) is 0 Å². The molecule has 3 nitrogen and oxygen atoms in total. The third-order valence-electron chi connectivity index (χ3n) is 2.99. The van der Waals surface area contributed by atoms with Gasteiger partial charge < -0.3 is 9.55 Å². The number of nitrogens with zero attached hydrogens (tertiary/aromatic N) is 1. The zero-order chi connectivity index (χ0) is 12.5. The molecule has 3 rings (SSSR count). The van der Waals surface area contributed by atoms with Crippen LogP contribution in [0.1, 0.15) is 5.56 Å². The van der Waals surface area contributed by atoms with Crippen LogP contribution in [0, 0.1) is 5.82 Å². The second kappa shape index (κ2) is 4.14. The molecule has 1 N–H and O–H groups in total. The normalized spacial score (nSPS) is 10.9. The predicted molar refractivity (Wildman–Crippen MR) is 68.1 cm³/mol. The van der Waals surface area contributed by atoms with Gasteiger partial charge in [-0.05, 0) is 18.2 Å². The van der Waals surface area contributed by atoms with Crippen molar-refractivity contribution in [2.75, 3.05) is 0 Å². The van der Waals surface area contributed by atoms with E-state index in [1.54, 1.807) is 35.2 Å². The standard InChI is InChI=1S/C14H11FN2O/c15-12-4-2-1-3-11(12)9-17-8-6-10-5-7-16-14(18)13(10)17/h1-8H,9H2,(H,16,18). The second-order valence-corrected chi connectivity index (χ2v) is 4.15. The molecule has 0 radical (unpaired) electrons. The van der Waals surface area contributed by atoms with Crippen LogP contribution in [0.25, 0.3) is 10.9 Å². The van der Waals surface area contributed by atoms with E-state index in [1.165, 1.54) is 6.07 Å². The molecule has 0 aliphatic carbocycles. The number of hydrogen-bond acceptors (Lipinski definition) is 1. The van der Waals surface area contributed by atoms with Crippen molar-refractivity contribution in [2.45, 2.75) is 6.54 Å². The number of aromatic amines is 1. The number of nitrogens with one attached hydrogen (secondary N) is 1. The molecular weight excluding hydrogens is 231 g/mol. The molecular formula is C14H11FN2O. The van der Waals surface area contributed by atoms with Crippen molar-refractivity contribution in [3.05, 3.63) is 70.5 Å². The third-order valence-corrected chi connectivity index (χ3v) is 2.99. The molecule has 0 saturated heterocycles. The first-order valence-corrected chi connectivity index (χ1v) is 5.65. The van der Waals surface area contributed by atoms with E-state index < -0.39 is 0 Å². The minimum absolute atomic E-state index is 0.158. The van der Waals surface area contributed by atoms with E-state index in [4.69, 9.17) is 0 Å². The Morgan fingerprint density at radius 2 is 2.00 bits per heavy atom. The number of pyridine rings is 1. The summed E-state index contributed by atoms with van der Waals surface area (Å²) >= 11 is 0. The molecule has 1 aromatic carbocycles. The Balaban J connectivity index is 2.11. The van der Waals surface area contributed by atoms with Crippen LogP contribution in [0.5, 0.6) is 0 Å². The molecule has 18 heavy (non-hydrogen) atoms. The van der Waals surface area contributed by atoms with Crippen LogP contribution in [-0.4, -0.2) is 9.55 Å². The Labute approximate surface area is 103 Å². The maximum Gasteiger partial charge on any atom is 0.272 e. The maximum absolute atomic E-state index is 13.6. The van der Waals surface area contributed by atoms with E-state index in [-0.39, 0.29) is 11.4 Å². The van der Waals surface area contributed by atoms with E-state index in [2.05, 4.69) is 4.98 Å². The van der Waals surface area contributed by atoms with E-state index in [9.17, 15) is 9.18 Å². The first kappa shape index (κ1) is 10.8. The molecule has 0 amide bonds. The zero-order valence-corrected chi connectivity index (χ0v) is 9.56. The Hall–Kier alpha value is -2.36. The van der Waals surface area contributed by atoms with Gasteiger partial charge in [-0.25, -0.2) is 4.39 Å². The van der Waals surface area contributed by atoms with Crippen LogP contribution in [0.3, 0.4) is 0 Å². The minimum Gasteiger partial charge on any atom is -0.338 e. The van der Waals surface area contributed by atoms with E-state index in [0.29, 0.717) is 17.6 Å². The maximum atomic E-state index is 13.6. The van der Waals surface area contributed by atoms with Crippen molar-refractivity contribution in [1.82, 2.24) is 9.55 Å². The Morgan fingerprint density at radius 1 is 1.17 bits per heavy atom. The summed E-state index contributed by atoms with van der Waals surface area (Å²) in [7, 11) is 0. The number of H-pyrrole nitrogens is 1. The molecule has 3 aromatic rings. The fraction of sp³-hybridized carbons (Fsp3) is 0.0714. The number of benzene rings is 1. The molecule has 0 aliphatic rings. The smallest absolute Gasteiger partial charge is 0.272 e. The van der Waals surface area contributed by atoms with Crippen LogP contribution in [-0.2, 0) is 6.54 Å². The number of halogens is 1. The summed E-state index contributed by atoms with van der Waals surface area (Å²) in [6, 6.07) is 10.3. The largest absolute Gasteiger partial charge is 0.338 e. The Bertz CT molecular complexity index is 758. The summed E-state index contributed by atoms with van der Waals surface area (Å²) in [6.07, 6.45) is 3.41. The fourth-order valence-electron chi connectivity index (χ4n) is 2.10. The van der Waals surface area contributed by atoms with Gasteiger partial charge in [0.05, 0.1) is 6.54 Å². The number of aromatic nitrogens is 2. The molecule has 0 spiro atoms. The minimum atomic E-state index is -0.258. The SMILES string of the molecule is O=c1[nH]ccc2ccn(Cc3ccccc3F)c12. The van der Waals surface area contributed by atoms with Gasteiger partial charge in [-0.1, -0.05) is 18.2 Å². The monoisotopic (exact) mass is 242 g/mol. The lowest BCUT2D eigenvalue weighted by Gasteiger charge is -2.05. The van der Waals surface area contributed by atoms with Gasteiger partial charge >= 0.3 is 0 Å². The molecule has 0 unspecified atom stereocenters.